The fourth-order valence-electron chi connectivity index (χ4n) is 3.24. The number of benzene rings is 2. The van der Waals surface area contributed by atoms with Gasteiger partial charge in [-0.1, -0.05) is 43.3 Å². The van der Waals surface area contributed by atoms with E-state index in [1.807, 2.05) is 31.2 Å². The first kappa shape index (κ1) is 22.6. The van der Waals surface area contributed by atoms with Gasteiger partial charge in [-0.15, -0.1) is 5.10 Å². The smallest absolute Gasteiger partial charge is 0.294 e. The second-order valence-corrected chi connectivity index (χ2v) is 7.65. The van der Waals surface area contributed by atoms with Crippen LogP contribution < -0.4 is 15.9 Å². The lowest BCUT2D eigenvalue weighted by atomic mass is 10.0. The number of amides is 1. The quantitative estimate of drug-likeness (QED) is 0.301. The van der Waals surface area contributed by atoms with Gasteiger partial charge in [0.05, 0.1) is 12.8 Å². The summed E-state index contributed by atoms with van der Waals surface area (Å²) in [5, 5.41) is 19.5. The van der Waals surface area contributed by atoms with Crippen molar-refractivity contribution in [3.63, 3.8) is 0 Å². The van der Waals surface area contributed by atoms with Crippen molar-refractivity contribution in [2.75, 3.05) is 12.3 Å². The summed E-state index contributed by atoms with van der Waals surface area (Å²) in [6.07, 6.45) is 1.56. The molecule has 0 bridgehead atoms. The van der Waals surface area contributed by atoms with Gasteiger partial charge in [-0.3, -0.25) is 4.79 Å². The van der Waals surface area contributed by atoms with E-state index in [9.17, 15) is 4.79 Å². The summed E-state index contributed by atoms with van der Waals surface area (Å²) < 4.78 is 11.5. The third kappa shape index (κ3) is 4.77. The van der Waals surface area contributed by atoms with Crippen LogP contribution in [0.5, 0.6) is 5.75 Å². The molecule has 174 valence electrons. The molecule has 34 heavy (non-hydrogen) atoms. The highest BCUT2D eigenvalue weighted by atomic mass is 16.6. The molecule has 0 saturated heterocycles. The summed E-state index contributed by atoms with van der Waals surface area (Å²) in [7, 11) is 0. The third-order valence-corrected chi connectivity index (χ3v) is 5.00. The lowest BCUT2D eigenvalue weighted by Crippen LogP contribution is -2.19. The van der Waals surface area contributed by atoms with Crippen LogP contribution in [0.15, 0.2) is 58.3 Å². The minimum absolute atomic E-state index is 0.00640. The van der Waals surface area contributed by atoms with E-state index in [2.05, 4.69) is 45.0 Å². The molecule has 0 radical (unpaired) electrons. The standard InChI is InChI=1S/C23H24N8O3/c1-4-33-18-11-9-17(10-12-18)20-19(26-30-31(20)22-21(24)28-34-29-22)23(32)27-25-13-15-5-7-16(8-6-15)14(2)3/h5-14H,4H2,1-3H3,(H2,24,28)(H,27,32)/b25-13+. The van der Waals surface area contributed by atoms with E-state index in [0.29, 0.717) is 29.5 Å². The maximum atomic E-state index is 13.0. The molecule has 0 aliphatic heterocycles. The van der Waals surface area contributed by atoms with Gasteiger partial charge in [0.2, 0.25) is 11.6 Å². The fraction of sp³-hybridized carbons (Fsp3) is 0.217. The first-order valence-corrected chi connectivity index (χ1v) is 10.7. The van der Waals surface area contributed by atoms with E-state index < -0.39 is 5.91 Å². The molecule has 0 atom stereocenters. The Morgan fingerprint density at radius 2 is 1.91 bits per heavy atom. The molecule has 2 aromatic carbocycles. The van der Waals surface area contributed by atoms with Gasteiger partial charge in [0.15, 0.2) is 5.69 Å². The highest BCUT2D eigenvalue weighted by molar-refractivity contribution is 5.98. The van der Waals surface area contributed by atoms with Crippen molar-refractivity contribution in [3.8, 4) is 22.8 Å². The number of hydrogen-bond donors (Lipinski definition) is 2. The molecule has 0 aliphatic carbocycles. The molecule has 2 aromatic heterocycles. The maximum absolute atomic E-state index is 13.0. The Kier molecular flexibility index (Phi) is 6.62. The molecular weight excluding hydrogens is 436 g/mol. The number of anilines is 1. The van der Waals surface area contributed by atoms with Crippen LogP contribution in [0.4, 0.5) is 5.82 Å². The molecule has 0 fully saturated rings. The van der Waals surface area contributed by atoms with Crippen LogP contribution in [-0.2, 0) is 0 Å². The summed E-state index contributed by atoms with van der Waals surface area (Å²) in [4.78, 5) is 13.0. The normalized spacial score (nSPS) is 11.3. The first-order valence-electron chi connectivity index (χ1n) is 10.7. The molecular formula is C23H24N8O3. The van der Waals surface area contributed by atoms with Gasteiger partial charge in [0.1, 0.15) is 11.4 Å². The molecule has 2 heterocycles. The summed E-state index contributed by atoms with van der Waals surface area (Å²) in [6, 6.07) is 15.0. The van der Waals surface area contributed by atoms with Gasteiger partial charge in [0.25, 0.3) is 5.91 Å². The predicted molar refractivity (Wildman–Crippen MR) is 126 cm³/mol. The SMILES string of the molecule is CCOc1ccc(-c2c(C(=O)N/N=C/c3ccc(C(C)C)cc3)nnn2-c2nonc2N)cc1. The lowest BCUT2D eigenvalue weighted by molar-refractivity contribution is 0.0950. The van der Waals surface area contributed by atoms with E-state index in [0.717, 1.165) is 5.56 Å². The Morgan fingerprint density at radius 3 is 2.53 bits per heavy atom. The van der Waals surface area contributed by atoms with Crippen molar-refractivity contribution < 1.29 is 14.2 Å². The van der Waals surface area contributed by atoms with Crippen LogP contribution in [-0.4, -0.2) is 44.0 Å². The number of hydrazone groups is 1. The Labute approximate surface area is 195 Å². The van der Waals surface area contributed by atoms with Crippen molar-refractivity contribution >= 4 is 17.9 Å². The van der Waals surface area contributed by atoms with E-state index in [1.54, 1.807) is 30.5 Å². The Balaban J connectivity index is 1.62. The maximum Gasteiger partial charge on any atom is 0.294 e. The molecule has 1 amide bonds. The van der Waals surface area contributed by atoms with Crippen LogP contribution in [0, 0.1) is 0 Å². The molecule has 0 saturated carbocycles. The molecule has 11 heteroatoms. The molecule has 0 aliphatic rings. The Bertz CT molecular complexity index is 1290. The van der Waals surface area contributed by atoms with Crippen LogP contribution in [0.3, 0.4) is 0 Å². The van der Waals surface area contributed by atoms with Crippen LogP contribution in [0.25, 0.3) is 17.1 Å². The number of rotatable bonds is 8. The van der Waals surface area contributed by atoms with E-state index in [-0.39, 0.29) is 17.3 Å². The summed E-state index contributed by atoms with van der Waals surface area (Å²) >= 11 is 0. The van der Waals surface area contributed by atoms with Crippen LogP contribution >= 0.6 is 0 Å². The molecule has 0 unspecified atom stereocenters. The fourth-order valence-corrected chi connectivity index (χ4v) is 3.24. The van der Waals surface area contributed by atoms with Crippen molar-refractivity contribution in [2.45, 2.75) is 26.7 Å². The lowest BCUT2D eigenvalue weighted by Gasteiger charge is -2.07. The number of aromatic nitrogens is 5. The van der Waals surface area contributed by atoms with Gasteiger partial charge < -0.3 is 10.5 Å². The highest BCUT2D eigenvalue weighted by Crippen LogP contribution is 2.28. The zero-order valence-corrected chi connectivity index (χ0v) is 19.0. The second kappa shape index (κ2) is 9.94. The average Bonchev–Trinajstić information content (AvgIpc) is 3.46. The van der Waals surface area contributed by atoms with Gasteiger partial charge in [-0.2, -0.15) is 9.78 Å². The van der Waals surface area contributed by atoms with E-state index >= 15 is 0 Å². The number of hydrogen-bond acceptors (Lipinski definition) is 9. The average molecular weight is 460 g/mol. The Morgan fingerprint density at radius 1 is 1.18 bits per heavy atom. The summed E-state index contributed by atoms with van der Waals surface area (Å²) in [6.45, 7) is 6.68. The number of ether oxygens (including phenoxy) is 1. The van der Waals surface area contributed by atoms with E-state index in [1.165, 1.54) is 10.2 Å². The number of nitrogens with zero attached hydrogens (tertiary/aromatic N) is 6. The summed E-state index contributed by atoms with van der Waals surface area (Å²) in [5.41, 5.74) is 11.4. The zero-order valence-electron chi connectivity index (χ0n) is 19.0. The van der Waals surface area contributed by atoms with Crippen LogP contribution in [0.1, 0.15) is 48.3 Å². The van der Waals surface area contributed by atoms with Crippen molar-refractivity contribution in [1.29, 1.82) is 0 Å². The first-order chi connectivity index (χ1) is 16.5. The number of carbonyl (C=O) groups excluding carboxylic acids is 1. The minimum atomic E-state index is -0.555. The predicted octanol–water partition coefficient (Wildman–Crippen LogP) is 3.19. The van der Waals surface area contributed by atoms with Gasteiger partial charge in [-0.25, -0.2) is 10.1 Å². The third-order valence-electron chi connectivity index (χ3n) is 5.00. The molecule has 11 nitrogen and oxygen atoms in total. The Hall–Kier alpha value is -4.54. The molecule has 3 N–H and O–H groups in total. The topological polar surface area (TPSA) is 146 Å². The van der Waals surface area contributed by atoms with E-state index in [4.69, 9.17) is 15.1 Å². The summed E-state index contributed by atoms with van der Waals surface area (Å²) in [5.74, 6) is 0.687. The van der Waals surface area contributed by atoms with Crippen molar-refractivity contribution in [3.05, 3.63) is 65.4 Å². The van der Waals surface area contributed by atoms with Crippen molar-refractivity contribution in [2.24, 2.45) is 5.10 Å². The van der Waals surface area contributed by atoms with Crippen LogP contribution in [0.2, 0.25) is 0 Å². The van der Waals surface area contributed by atoms with Gasteiger partial charge >= 0.3 is 0 Å². The van der Waals surface area contributed by atoms with Gasteiger partial charge in [0, 0.05) is 5.56 Å². The number of nitrogens with two attached hydrogens (primary N) is 1. The molecule has 4 rings (SSSR count). The highest BCUT2D eigenvalue weighted by Gasteiger charge is 2.25. The van der Waals surface area contributed by atoms with Crippen molar-refractivity contribution in [1.82, 2.24) is 30.7 Å². The minimum Gasteiger partial charge on any atom is -0.494 e. The molecule has 4 aromatic rings. The monoisotopic (exact) mass is 460 g/mol. The largest absolute Gasteiger partial charge is 0.494 e. The number of nitrogen functional groups attached to an aromatic ring is 1. The second-order valence-electron chi connectivity index (χ2n) is 7.65. The molecule has 0 spiro atoms. The van der Waals surface area contributed by atoms with Gasteiger partial charge in [-0.05, 0) is 58.5 Å². The zero-order chi connectivity index (χ0) is 24.1. The number of carbonyl (C=O) groups is 1. The number of nitrogens with one attached hydrogen (secondary N) is 1.